The molecule has 1 heterocycles. The summed E-state index contributed by atoms with van der Waals surface area (Å²) < 4.78 is 0. The highest BCUT2D eigenvalue weighted by Crippen LogP contribution is 2.28. The van der Waals surface area contributed by atoms with E-state index in [9.17, 15) is 9.90 Å². The van der Waals surface area contributed by atoms with Gasteiger partial charge in [0.05, 0.1) is 11.5 Å². The number of carbonyl (C=O) groups is 1. The molecular weight excluding hydrogens is 282 g/mol. The van der Waals surface area contributed by atoms with Gasteiger partial charge >= 0.3 is 0 Å². The fourth-order valence-electron chi connectivity index (χ4n) is 2.79. The van der Waals surface area contributed by atoms with E-state index in [0.717, 1.165) is 29.9 Å². The fraction of sp³-hybridized carbons (Fsp3) is 0.588. The third kappa shape index (κ3) is 4.48. The maximum Gasteiger partial charge on any atom is 0.227 e. The third-order valence-corrected chi connectivity index (χ3v) is 5.11. The summed E-state index contributed by atoms with van der Waals surface area (Å²) in [4.78, 5) is 12.5. The summed E-state index contributed by atoms with van der Waals surface area (Å²) in [5.74, 6) is 2.02. The molecule has 0 bridgehead atoms. The summed E-state index contributed by atoms with van der Waals surface area (Å²) in [6.07, 6.45) is 1.52. The fourth-order valence-corrected chi connectivity index (χ4v) is 4.04. The number of amides is 1. The van der Waals surface area contributed by atoms with Gasteiger partial charge in [0.1, 0.15) is 0 Å². The van der Waals surface area contributed by atoms with Gasteiger partial charge in [-0.15, -0.1) is 0 Å². The van der Waals surface area contributed by atoms with Crippen LogP contribution in [0.3, 0.4) is 0 Å². The Bertz CT molecular complexity index is 455. The summed E-state index contributed by atoms with van der Waals surface area (Å²) in [6.45, 7) is 4.48. The summed E-state index contributed by atoms with van der Waals surface area (Å²) >= 11 is 1.87. The maximum atomic E-state index is 12.5. The first-order valence-electron chi connectivity index (χ1n) is 7.65. The van der Waals surface area contributed by atoms with Crippen molar-refractivity contribution >= 4 is 17.7 Å². The second kappa shape index (κ2) is 7.32. The highest BCUT2D eigenvalue weighted by atomic mass is 32.2. The molecule has 116 valence electrons. The van der Waals surface area contributed by atoms with E-state index in [1.165, 1.54) is 0 Å². The Hall–Kier alpha value is -1.00. The van der Waals surface area contributed by atoms with Crippen molar-refractivity contribution in [3.8, 4) is 0 Å². The number of thioether (sulfide) groups is 1. The van der Waals surface area contributed by atoms with E-state index in [2.05, 4.69) is 19.2 Å². The van der Waals surface area contributed by atoms with Crippen molar-refractivity contribution in [2.75, 3.05) is 18.1 Å². The van der Waals surface area contributed by atoms with E-state index >= 15 is 0 Å². The largest absolute Gasteiger partial charge is 0.388 e. The van der Waals surface area contributed by atoms with Gasteiger partial charge in [0.15, 0.2) is 0 Å². The van der Waals surface area contributed by atoms with Crippen LogP contribution in [0.1, 0.15) is 38.2 Å². The van der Waals surface area contributed by atoms with Gasteiger partial charge in [-0.05, 0) is 35.8 Å². The molecular formula is C17H25NO2S. The average molecular weight is 307 g/mol. The van der Waals surface area contributed by atoms with Crippen molar-refractivity contribution in [3.63, 3.8) is 0 Å². The van der Waals surface area contributed by atoms with Crippen LogP contribution in [-0.2, 0) is 4.79 Å². The molecule has 1 unspecified atom stereocenters. The molecule has 21 heavy (non-hydrogen) atoms. The molecule has 2 N–H and O–H groups in total. The maximum absolute atomic E-state index is 12.5. The van der Waals surface area contributed by atoms with Crippen LogP contribution in [0.5, 0.6) is 0 Å². The van der Waals surface area contributed by atoms with Gasteiger partial charge in [-0.2, -0.15) is 11.8 Å². The standard InChI is InChI=1S/C17H25NO2S/c1-13(2)15(14-6-4-3-5-7-14)16(19)18-12-17(20)8-10-21-11-9-17/h3-7,13,15,20H,8-12H2,1-2H3,(H,18,19). The molecule has 2 rings (SSSR count). The third-order valence-electron chi connectivity index (χ3n) is 4.12. The molecule has 0 saturated carbocycles. The number of rotatable bonds is 5. The quantitative estimate of drug-likeness (QED) is 0.879. The van der Waals surface area contributed by atoms with E-state index in [0.29, 0.717) is 6.54 Å². The number of aliphatic hydroxyl groups is 1. The van der Waals surface area contributed by atoms with Crippen LogP contribution in [0, 0.1) is 5.92 Å². The summed E-state index contributed by atoms with van der Waals surface area (Å²) in [5, 5.41) is 13.5. The Morgan fingerprint density at radius 2 is 1.90 bits per heavy atom. The Balaban J connectivity index is 1.99. The van der Waals surface area contributed by atoms with Crippen LogP contribution in [0.2, 0.25) is 0 Å². The first-order valence-corrected chi connectivity index (χ1v) is 8.80. The lowest BCUT2D eigenvalue weighted by atomic mass is 9.87. The first kappa shape index (κ1) is 16.4. The molecule has 1 aliphatic heterocycles. The van der Waals surface area contributed by atoms with Crippen molar-refractivity contribution in [3.05, 3.63) is 35.9 Å². The minimum Gasteiger partial charge on any atom is -0.388 e. The van der Waals surface area contributed by atoms with E-state index in [-0.39, 0.29) is 17.7 Å². The predicted octanol–water partition coefficient (Wildman–Crippen LogP) is 2.80. The van der Waals surface area contributed by atoms with Crippen molar-refractivity contribution < 1.29 is 9.90 Å². The van der Waals surface area contributed by atoms with Crippen LogP contribution < -0.4 is 5.32 Å². The number of nitrogens with one attached hydrogen (secondary N) is 1. The number of benzene rings is 1. The average Bonchev–Trinajstić information content (AvgIpc) is 2.47. The second-order valence-electron chi connectivity index (χ2n) is 6.19. The molecule has 1 atom stereocenters. The Morgan fingerprint density at radius 3 is 2.48 bits per heavy atom. The van der Waals surface area contributed by atoms with Crippen molar-refractivity contribution in [1.29, 1.82) is 0 Å². The normalized spacial score (nSPS) is 19.2. The predicted molar refractivity (Wildman–Crippen MR) is 88.5 cm³/mol. The molecule has 1 aliphatic rings. The Morgan fingerprint density at radius 1 is 1.29 bits per heavy atom. The van der Waals surface area contributed by atoms with Crippen LogP contribution in [0.4, 0.5) is 0 Å². The lowest BCUT2D eigenvalue weighted by Gasteiger charge is -2.32. The van der Waals surface area contributed by atoms with Crippen molar-refractivity contribution in [2.45, 2.75) is 38.2 Å². The number of hydrogen-bond donors (Lipinski definition) is 2. The van der Waals surface area contributed by atoms with Crippen molar-refractivity contribution in [2.24, 2.45) is 5.92 Å². The molecule has 1 fully saturated rings. The lowest BCUT2D eigenvalue weighted by molar-refractivity contribution is -0.124. The summed E-state index contributed by atoms with van der Waals surface area (Å²) in [7, 11) is 0. The van der Waals surface area contributed by atoms with Gasteiger partial charge in [-0.1, -0.05) is 44.2 Å². The van der Waals surface area contributed by atoms with Gasteiger partial charge in [0.25, 0.3) is 0 Å². The molecule has 0 aliphatic carbocycles. The molecule has 0 radical (unpaired) electrons. The van der Waals surface area contributed by atoms with Crippen LogP contribution >= 0.6 is 11.8 Å². The smallest absolute Gasteiger partial charge is 0.227 e. The van der Waals surface area contributed by atoms with Crippen LogP contribution in [0.25, 0.3) is 0 Å². The lowest BCUT2D eigenvalue weighted by Crippen LogP contribution is -2.46. The summed E-state index contributed by atoms with van der Waals surface area (Å²) in [5.41, 5.74) is 0.315. The second-order valence-corrected chi connectivity index (χ2v) is 7.41. The number of hydrogen-bond acceptors (Lipinski definition) is 3. The van der Waals surface area contributed by atoms with Gasteiger partial charge in [-0.3, -0.25) is 4.79 Å². The molecule has 1 saturated heterocycles. The van der Waals surface area contributed by atoms with Gasteiger partial charge in [0, 0.05) is 6.54 Å². The summed E-state index contributed by atoms with van der Waals surface area (Å²) in [6, 6.07) is 9.88. The van der Waals surface area contributed by atoms with E-state index < -0.39 is 5.60 Å². The highest BCUT2D eigenvalue weighted by molar-refractivity contribution is 7.99. The van der Waals surface area contributed by atoms with Gasteiger partial charge < -0.3 is 10.4 Å². The number of carbonyl (C=O) groups excluding carboxylic acids is 1. The highest BCUT2D eigenvalue weighted by Gasteiger charge is 2.31. The molecule has 3 nitrogen and oxygen atoms in total. The van der Waals surface area contributed by atoms with Crippen LogP contribution in [0.15, 0.2) is 30.3 Å². The van der Waals surface area contributed by atoms with Crippen molar-refractivity contribution in [1.82, 2.24) is 5.32 Å². The molecule has 1 aromatic rings. The zero-order valence-corrected chi connectivity index (χ0v) is 13.7. The zero-order chi connectivity index (χ0) is 15.3. The minimum absolute atomic E-state index is 0.0165. The topological polar surface area (TPSA) is 49.3 Å². The van der Waals surface area contributed by atoms with Gasteiger partial charge in [-0.25, -0.2) is 0 Å². The molecule has 1 amide bonds. The van der Waals surface area contributed by atoms with E-state index in [4.69, 9.17) is 0 Å². The Kier molecular flexibility index (Phi) is 5.71. The molecule has 1 aromatic carbocycles. The molecule has 4 heteroatoms. The van der Waals surface area contributed by atoms with E-state index in [1.54, 1.807) is 0 Å². The molecule has 0 spiro atoms. The van der Waals surface area contributed by atoms with E-state index in [1.807, 2.05) is 42.1 Å². The Labute approximate surface area is 131 Å². The van der Waals surface area contributed by atoms with Gasteiger partial charge in [0.2, 0.25) is 5.91 Å². The van der Waals surface area contributed by atoms with Crippen LogP contribution in [-0.4, -0.2) is 34.7 Å². The first-order chi connectivity index (χ1) is 10.0. The SMILES string of the molecule is CC(C)C(C(=O)NCC1(O)CCSCC1)c1ccccc1. The zero-order valence-electron chi connectivity index (χ0n) is 12.8. The molecule has 0 aromatic heterocycles. The monoisotopic (exact) mass is 307 g/mol. The minimum atomic E-state index is -0.723.